The Bertz CT molecular complexity index is 569. The summed E-state index contributed by atoms with van der Waals surface area (Å²) in [7, 11) is 0. The van der Waals surface area contributed by atoms with E-state index in [1.165, 1.54) is 12.8 Å². The van der Waals surface area contributed by atoms with E-state index in [1.807, 2.05) is 18.2 Å². The number of halogens is 1. The molecule has 2 nitrogen and oxygen atoms in total. The molecule has 96 valence electrons. The van der Waals surface area contributed by atoms with Gasteiger partial charge in [-0.2, -0.15) is 0 Å². The Morgan fingerprint density at radius 3 is 2.78 bits per heavy atom. The molecule has 0 radical (unpaired) electrons. The summed E-state index contributed by atoms with van der Waals surface area (Å²) in [5.41, 5.74) is 2.12. The normalized spacial score (nSPS) is 16.4. The Morgan fingerprint density at radius 1 is 1.33 bits per heavy atom. The zero-order chi connectivity index (χ0) is 12.8. The molecule has 1 aromatic carbocycles. The lowest BCUT2D eigenvalue weighted by Crippen LogP contribution is -2.40. The first-order valence-electron chi connectivity index (χ1n) is 6.49. The van der Waals surface area contributed by atoms with Gasteiger partial charge < -0.3 is 9.73 Å². The number of hydrogen-bond acceptors (Lipinski definition) is 2. The second-order valence-electron chi connectivity index (χ2n) is 5.70. The van der Waals surface area contributed by atoms with E-state index in [0.29, 0.717) is 5.22 Å². The maximum absolute atomic E-state index is 6.19. The monoisotopic (exact) mass is 263 g/mol. The molecule has 1 aliphatic carbocycles. The van der Waals surface area contributed by atoms with Gasteiger partial charge in [-0.05, 0) is 50.3 Å². The van der Waals surface area contributed by atoms with Crippen molar-refractivity contribution in [3.05, 3.63) is 35.0 Å². The predicted molar refractivity (Wildman–Crippen MR) is 74.9 cm³/mol. The van der Waals surface area contributed by atoms with Gasteiger partial charge in [0.15, 0.2) is 5.22 Å². The van der Waals surface area contributed by atoms with Crippen LogP contribution >= 0.6 is 11.6 Å². The van der Waals surface area contributed by atoms with E-state index in [-0.39, 0.29) is 5.54 Å². The van der Waals surface area contributed by atoms with Crippen LogP contribution in [0.5, 0.6) is 0 Å². The Morgan fingerprint density at radius 2 is 2.06 bits per heavy atom. The van der Waals surface area contributed by atoms with Crippen LogP contribution in [-0.4, -0.2) is 5.54 Å². The molecule has 1 heterocycles. The Kier molecular flexibility index (Phi) is 2.87. The lowest BCUT2D eigenvalue weighted by atomic mass is 9.98. The fourth-order valence-electron chi connectivity index (χ4n) is 2.50. The summed E-state index contributed by atoms with van der Waals surface area (Å²) in [5, 5.41) is 5.23. The van der Waals surface area contributed by atoms with Gasteiger partial charge >= 0.3 is 0 Å². The summed E-state index contributed by atoms with van der Waals surface area (Å²) in [6.07, 6.45) is 2.67. The van der Waals surface area contributed by atoms with Crippen molar-refractivity contribution >= 4 is 22.6 Å². The van der Waals surface area contributed by atoms with Crippen molar-refractivity contribution in [3.63, 3.8) is 0 Å². The highest BCUT2D eigenvalue weighted by Crippen LogP contribution is 2.39. The number of para-hydroxylation sites is 1. The van der Waals surface area contributed by atoms with Crippen LogP contribution in [0.15, 0.2) is 28.7 Å². The predicted octanol–water partition coefficient (Wildman–Crippen LogP) is 4.36. The van der Waals surface area contributed by atoms with Crippen molar-refractivity contribution < 1.29 is 4.42 Å². The maximum atomic E-state index is 6.19. The van der Waals surface area contributed by atoms with Crippen LogP contribution in [0.25, 0.3) is 11.0 Å². The van der Waals surface area contributed by atoms with E-state index in [2.05, 4.69) is 25.2 Å². The smallest absolute Gasteiger partial charge is 0.199 e. The van der Waals surface area contributed by atoms with E-state index >= 15 is 0 Å². The fraction of sp³-hybridized carbons (Fsp3) is 0.467. The highest BCUT2D eigenvalue weighted by atomic mass is 35.5. The average molecular weight is 264 g/mol. The molecule has 2 aromatic rings. The molecule has 3 rings (SSSR count). The topological polar surface area (TPSA) is 25.2 Å². The molecule has 0 aliphatic heterocycles. The lowest BCUT2D eigenvalue weighted by Gasteiger charge is -2.26. The van der Waals surface area contributed by atoms with Crippen molar-refractivity contribution in [2.45, 2.75) is 38.8 Å². The van der Waals surface area contributed by atoms with Crippen LogP contribution in [0.4, 0.5) is 0 Å². The summed E-state index contributed by atoms with van der Waals surface area (Å²) >= 11 is 6.19. The highest BCUT2D eigenvalue weighted by molar-refractivity contribution is 6.30. The average Bonchev–Trinajstić information content (AvgIpc) is 3.12. The van der Waals surface area contributed by atoms with Crippen molar-refractivity contribution in [3.8, 4) is 0 Å². The molecule has 1 aromatic heterocycles. The third-order valence-electron chi connectivity index (χ3n) is 3.97. The van der Waals surface area contributed by atoms with E-state index < -0.39 is 0 Å². The quantitative estimate of drug-likeness (QED) is 0.886. The molecule has 1 fully saturated rings. The maximum Gasteiger partial charge on any atom is 0.199 e. The summed E-state index contributed by atoms with van der Waals surface area (Å²) in [6.45, 7) is 5.29. The van der Waals surface area contributed by atoms with Gasteiger partial charge in [0.2, 0.25) is 0 Å². The Hall–Kier alpha value is -0.990. The van der Waals surface area contributed by atoms with Gasteiger partial charge in [-0.25, -0.2) is 0 Å². The van der Waals surface area contributed by atoms with E-state index in [9.17, 15) is 0 Å². The van der Waals surface area contributed by atoms with Crippen molar-refractivity contribution in [1.82, 2.24) is 5.32 Å². The highest BCUT2D eigenvalue weighted by Gasteiger charge is 2.37. The third-order valence-corrected chi connectivity index (χ3v) is 4.27. The minimum atomic E-state index is 0.182. The molecule has 18 heavy (non-hydrogen) atoms. The van der Waals surface area contributed by atoms with Crippen LogP contribution in [0.1, 0.15) is 32.3 Å². The Labute approximate surface area is 112 Å². The van der Waals surface area contributed by atoms with Gasteiger partial charge in [-0.1, -0.05) is 18.2 Å². The van der Waals surface area contributed by atoms with Gasteiger partial charge in [-0.3, -0.25) is 0 Å². The van der Waals surface area contributed by atoms with Gasteiger partial charge in [0.05, 0.1) is 0 Å². The first-order valence-corrected chi connectivity index (χ1v) is 6.86. The summed E-state index contributed by atoms with van der Waals surface area (Å²) in [6, 6.07) is 8.00. The molecule has 1 N–H and O–H groups in total. The van der Waals surface area contributed by atoms with Crippen molar-refractivity contribution in [2.24, 2.45) is 5.92 Å². The minimum absolute atomic E-state index is 0.182. The summed E-state index contributed by atoms with van der Waals surface area (Å²) in [4.78, 5) is 0. The van der Waals surface area contributed by atoms with Crippen molar-refractivity contribution in [2.75, 3.05) is 0 Å². The molecule has 1 aliphatic rings. The molecule has 0 atom stereocenters. The third kappa shape index (κ3) is 2.15. The molecular weight excluding hydrogens is 246 g/mol. The van der Waals surface area contributed by atoms with Crippen LogP contribution in [0.3, 0.4) is 0 Å². The number of benzene rings is 1. The van der Waals surface area contributed by atoms with Gasteiger partial charge in [-0.15, -0.1) is 0 Å². The molecule has 3 heteroatoms. The van der Waals surface area contributed by atoms with Gasteiger partial charge in [0.1, 0.15) is 5.58 Å². The van der Waals surface area contributed by atoms with Crippen LogP contribution < -0.4 is 5.32 Å². The number of furan rings is 1. The minimum Gasteiger partial charge on any atom is -0.444 e. The van der Waals surface area contributed by atoms with E-state index in [4.69, 9.17) is 16.0 Å². The zero-order valence-corrected chi connectivity index (χ0v) is 11.6. The van der Waals surface area contributed by atoms with E-state index in [0.717, 1.165) is 29.0 Å². The first-order chi connectivity index (χ1) is 8.58. The lowest BCUT2D eigenvalue weighted by molar-refractivity contribution is 0.339. The van der Waals surface area contributed by atoms with Crippen molar-refractivity contribution in [1.29, 1.82) is 0 Å². The molecule has 0 bridgehead atoms. The molecular formula is C15H18ClNO. The molecule has 0 spiro atoms. The fourth-order valence-corrected chi connectivity index (χ4v) is 2.75. The SMILES string of the molecule is CC(C)(NCc1c(Cl)oc2ccccc12)C1CC1. The van der Waals surface area contributed by atoms with E-state index in [1.54, 1.807) is 0 Å². The first kappa shape index (κ1) is 12.1. The number of nitrogens with one attached hydrogen (secondary N) is 1. The number of fused-ring (bicyclic) bond motifs is 1. The van der Waals surface area contributed by atoms with Crippen LogP contribution in [0, 0.1) is 5.92 Å². The second-order valence-corrected chi connectivity index (χ2v) is 6.04. The Balaban J connectivity index is 1.84. The molecule has 0 saturated heterocycles. The zero-order valence-electron chi connectivity index (χ0n) is 10.8. The standard InChI is InChI=1S/C15H18ClNO/c1-15(2,10-7-8-10)17-9-12-11-5-3-4-6-13(11)18-14(12)16/h3-6,10,17H,7-9H2,1-2H3. The van der Waals surface area contributed by atoms with Gasteiger partial charge in [0.25, 0.3) is 0 Å². The number of rotatable bonds is 4. The van der Waals surface area contributed by atoms with Crippen LogP contribution in [-0.2, 0) is 6.54 Å². The van der Waals surface area contributed by atoms with Crippen LogP contribution in [0.2, 0.25) is 5.22 Å². The molecule has 1 saturated carbocycles. The summed E-state index contributed by atoms with van der Waals surface area (Å²) < 4.78 is 5.57. The van der Waals surface area contributed by atoms with Gasteiger partial charge in [0, 0.05) is 23.0 Å². The largest absolute Gasteiger partial charge is 0.444 e. The second kappa shape index (κ2) is 4.29. The molecule has 0 amide bonds. The summed E-state index contributed by atoms with van der Waals surface area (Å²) in [5.74, 6) is 0.800. The molecule has 0 unspecified atom stereocenters. The number of hydrogen-bond donors (Lipinski definition) is 1.